The second-order valence-corrected chi connectivity index (χ2v) is 9.23. The summed E-state index contributed by atoms with van der Waals surface area (Å²) in [4.78, 5) is 30.8. The Morgan fingerprint density at radius 2 is 1.88 bits per heavy atom. The average molecular weight is 490 g/mol. The summed E-state index contributed by atoms with van der Waals surface area (Å²) in [5.41, 5.74) is 4.26. The van der Waals surface area contributed by atoms with Crippen LogP contribution < -0.4 is 16.2 Å². The lowest BCUT2D eigenvalue weighted by Gasteiger charge is -2.07. The molecule has 2 heterocycles. The first kappa shape index (κ1) is 22.1. The van der Waals surface area contributed by atoms with E-state index in [1.165, 1.54) is 21.4 Å². The molecule has 0 fully saturated rings. The fourth-order valence-electron chi connectivity index (χ4n) is 3.57. The van der Waals surface area contributed by atoms with Crippen molar-refractivity contribution < 1.29 is 4.79 Å². The number of rotatable bonds is 5. The van der Waals surface area contributed by atoms with E-state index in [9.17, 15) is 9.59 Å². The molecule has 0 aliphatic carbocycles. The van der Waals surface area contributed by atoms with E-state index in [2.05, 4.69) is 27.6 Å². The molecule has 1 amide bonds. The minimum Gasteiger partial charge on any atom is -0.330 e. The van der Waals surface area contributed by atoms with Crippen LogP contribution in [0.15, 0.2) is 65.5 Å². The number of nitrogens with one attached hydrogen (secondary N) is 2. The lowest BCUT2D eigenvalue weighted by molar-refractivity contribution is 0.102. The highest BCUT2D eigenvalue weighted by molar-refractivity contribution is 7.20. The number of nitrogens with zero attached hydrogens (tertiary/aromatic N) is 3. The second kappa shape index (κ2) is 8.89. The van der Waals surface area contributed by atoms with E-state index in [0.717, 1.165) is 17.7 Å². The van der Waals surface area contributed by atoms with Gasteiger partial charge in [-0.05, 0) is 66.9 Å². The number of aryl methyl sites for hydroxylation is 2. The molecule has 34 heavy (non-hydrogen) atoms. The predicted molar refractivity (Wildman–Crippen MR) is 138 cm³/mol. The van der Waals surface area contributed by atoms with Gasteiger partial charge < -0.3 is 10.6 Å². The third-order valence-corrected chi connectivity index (χ3v) is 6.58. The quantitative estimate of drug-likeness (QED) is 0.324. The molecule has 0 spiro atoms. The van der Waals surface area contributed by atoms with Crippen molar-refractivity contribution in [2.45, 2.75) is 20.3 Å². The fraction of sp³-hybridized carbons (Fsp3) is 0.120. The van der Waals surface area contributed by atoms with Crippen molar-refractivity contribution in [1.29, 1.82) is 0 Å². The predicted octanol–water partition coefficient (Wildman–Crippen LogP) is 5.82. The van der Waals surface area contributed by atoms with Gasteiger partial charge in [-0.25, -0.2) is 4.98 Å². The van der Waals surface area contributed by atoms with Crippen LogP contribution in [0.1, 0.15) is 28.4 Å². The van der Waals surface area contributed by atoms with Crippen molar-refractivity contribution in [2.24, 2.45) is 0 Å². The van der Waals surface area contributed by atoms with Crippen molar-refractivity contribution in [1.82, 2.24) is 14.6 Å². The summed E-state index contributed by atoms with van der Waals surface area (Å²) in [5.74, 6) is -0.267. The maximum Gasteiger partial charge on any atom is 0.283 e. The van der Waals surface area contributed by atoms with Crippen molar-refractivity contribution in [3.05, 3.63) is 92.7 Å². The number of carbonyl (C=O) groups excluding carboxylic acids is 1. The molecule has 0 saturated carbocycles. The minimum absolute atomic E-state index is 0.267. The molecule has 0 unspecified atom stereocenters. The van der Waals surface area contributed by atoms with Gasteiger partial charge >= 0.3 is 0 Å². The Bertz CT molecular complexity index is 1610. The van der Waals surface area contributed by atoms with Crippen molar-refractivity contribution >= 4 is 61.2 Å². The number of aromatic nitrogens is 3. The summed E-state index contributed by atoms with van der Waals surface area (Å²) in [6.45, 7) is 4.03. The van der Waals surface area contributed by atoms with Crippen LogP contribution in [0.25, 0.3) is 15.9 Å². The lowest BCUT2D eigenvalue weighted by atomic mass is 10.1. The van der Waals surface area contributed by atoms with Gasteiger partial charge in [-0.15, -0.1) is 5.10 Å². The standard InChI is InChI=1S/C25H20ClN5O2S/c1-3-15-5-9-18(10-6-15)27-22(32)16-7-11-19-21(12-16)29-25-31(23(19)33)30-24(34-25)28-20-13-17(26)8-4-14(20)2/h4-13H,3H2,1-2H3,(H,27,32)(H,28,30). The Kier molecular flexibility index (Phi) is 5.77. The van der Waals surface area contributed by atoms with Crippen LogP contribution >= 0.6 is 22.9 Å². The highest BCUT2D eigenvalue weighted by Crippen LogP contribution is 2.27. The van der Waals surface area contributed by atoms with Crippen molar-refractivity contribution in [3.63, 3.8) is 0 Å². The topological polar surface area (TPSA) is 88.4 Å². The summed E-state index contributed by atoms with van der Waals surface area (Å²) >= 11 is 7.35. The molecule has 0 aliphatic heterocycles. The van der Waals surface area contributed by atoms with Gasteiger partial charge in [-0.2, -0.15) is 4.52 Å². The lowest BCUT2D eigenvalue weighted by Crippen LogP contribution is -2.16. The first-order valence-corrected chi connectivity index (χ1v) is 11.9. The molecule has 7 nitrogen and oxygen atoms in total. The van der Waals surface area contributed by atoms with E-state index in [1.807, 2.05) is 43.3 Å². The Labute approximate surface area is 204 Å². The summed E-state index contributed by atoms with van der Waals surface area (Å²) in [6, 6.07) is 18.1. The number of hydrogen-bond donors (Lipinski definition) is 2. The number of anilines is 3. The van der Waals surface area contributed by atoms with Crippen LogP contribution in [0.4, 0.5) is 16.5 Å². The molecule has 3 aromatic carbocycles. The third kappa shape index (κ3) is 4.25. The Morgan fingerprint density at radius 1 is 1.09 bits per heavy atom. The van der Waals surface area contributed by atoms with E-state index in [4.69, 9.17) is 11.6 Å². The van der Waals surface area contributed by atoms with Gasteiger partial charge in [0.2, 0.25) is 10.1 Å². The van der Waals surface area contributed by atoms with Gasteiger partial charge in [0.05, 0.1) is 10.9 Å². The molecule has 2 N–H and O–H groups in total. The van der Waals surface area contributed by atoms with Gasteiger partial charge in [0.1, 0.15) is 0 Å². The molecule has 0 radical (unpaired) electrons. The molecule has 5 aromatic rings. The molecular weight excluding hydrogens is 470 g/mol. The van der Waals surface area contributed by atoms with E-state index in [-0.39, 0.29) is 11.5 Å². The zero-order valence-electron chi connectivity index (χ0n) is 18.4. The van der Waals surface area contributed by atoms with E-state index in [0.29, 0.717) is 37.3 Å². The van der Waals surface area contributed by atoms with Gasteiger partial charge in [0.25, 0.3) is 11.5 Å². The summed E-state index contributed by atoms with van der Waals surface area (Å²) in [6.07, 6.45) is 0.933. The monoisotopic (exact) mass is 489 g/mol. The average Bonchev–Trinajstić information content (AvgIpc) is 3.24. The smallest absolute Gasteiger partial charge is 0.283 e. The Balaban J connectivity index is 1.47. The second-order valence-electron chi connectivity index (χ2n) is 7.84. The summed E-state index contributed by atoms with van der Waals surface area (Å²) < 4.78 is 1.27. The molecule has 0 atom stereocenters. The van der Waals surface area contributed by atoms with Gasteiger partial charge in [0, 0.05) is 22.0 Å². The summed E-state index contributed by atoms with van der Waals surface area (Å²) in [7, 11) is 0. The van der Waals surface area contributed by atoms with E-state index < -0.39 is 0 Å². The number of benzene rings is 3. The van der Waals surface area contributed by atoms with Crippen LogP contribution in [0.2, 0.25) is 5.02 Å². The Morgan fingerprint density at radius 3 is 2.65 bits per heavy atom. The first-order valence-electron chi connectivity index (χ1n) is 10.7. The SMILES string of the molecule is CCc1ccc(NC(=O)c2ccc3c(=O)n4nc(Nc5cc(Cl)ccc5C)sc4nc3c2)cc1. The zero-order valence-corrected chi connectivity index (χ0v) is 20.0. The van der Waals surface area contributed by atoms with E-state index in [1.54, 1.807) is 24.3 Å². The van der Waals surface area contributed by atoms with Crippen molar-refractivity contribution in [3.8, 4) is 0 Å². The molecule has 5 rings (SSSR count). The maximum absolute atomic E-state index is 13.0. The van der Waals surface area contributed by atoms with Crippen LogP contribution in [-0.2, 0) is 6.42 Å². The molecule has 0 bridgehead atoms. The number of carbonyl (C=O) groups is 1. The molecule has 9 heteroatoms. The number of hydrogen-bond acceptors (Lipinski definition) is 6. The fourth-order valence-corrected chi connectivity index (χ4v) is 4.55. The van der Waals surface area contributed by atoms with Crippen LogP contribution in [0.5, 0.6) is 0 Å². The van der Waals surface area contributed by atoms with Gasteiger partial charge in [-0.3, -0.25) is 9.59 Å². The normalized spacial score (nSPS) is 11.1. The highest BCUT2D eigenvalue weighted by atomic mass is 35.5. The van der Waals surface area contributed by atoms with Crippen LogP contribution in [0.3, 0.4) is 0 Å². The van der Waals surface area contributed by atoms with Crippen molar-refractivity contribution in [2.75, 3.05) is 10.6 Å². The summed E-state index contributed by atoms with van der Waals surface area (Å²) in [5, 5.41) is 12.0. The number of halogens is 1. The molecule has 2 aromatic heterocycles. The molecule has 0 saturated heterocycles. The highest BCUT2D eigenvalue weighted by Gasteiger charge is 2.14. The molecule has 170 valence electrons. The van der Waals surface area contributed by atoms with Crippen LogP contribution in [-0.4, -0.2) is 20.5 Å². The minimum atomic E-state index is -0.297. The zero-order chi connectivity index (χ0) is 23.8. The van der Waals surface area contributed by atoms with E-state index >= 15 is 0 Å². The third-order valence-electron chi connectivity index (χ3n) is 5.52. The van der Waals surface area contributed by atoms with Gasteiger partial charge in [-0.1, -0.05) is 48.1 Å². The van der Waals surface area contributed by atoms with Crippen LogP contribution in [0, 0.1) is 6.92 Å². The number of fused-ring (bicyclic) bond motifs is 2. The molecule has 0 aliphatic rings. The molecular formula is C25H20ClN5O2S. The largest absolute Gasteiger partial charge is 0.330 e. The maximum atomic E-state index is 13.0. The first-order chi connectivity index (χ1) is 16.4. The Hall–Kier alpha value is -3.75. The van der Waals surface area contributed by atoms with Gasteiger partial charge in [0.15, 0.2) is 0 Å². The number of amides is 1.